The molecule has 0 unspecified atom stereocenters. The third-order valence-electron chi connectivity index (χ3n) is 2.70. The fourth-order valence-electron chi connectivity index (χ4n) is 1.82. The second-order valence-corrected chi connectivity index (χ2v) is 4.22. The van der Waals surface area contributed by atoms with Crippen molar-refractivity contribution in [3.05, 3.63) is 42.9 Å². The van der Waals surface area contributed by atoms with Gasteiger partial charge in [-0.05, 0) is 12.1 Å². The van der Waals surface area contributed by atoms with E-state index >= 15 is 0 Å². The van der Waals surface area contributed by atoms with Crippen molar-refractivity contribution >= 4 is 23.0 Å². The van der Waals surface area contributed by atoms with E-state index in [2.05, 4.69) is 16.6 Å². The van der Waals surface area contributed by atoms with Crippen LogP contribution in [0.2, 0.25) is 0 Å². The van der Waals surface area contributed by atoms with Crippen LogP contribution in [-0.4, -0.2) is 30.4 Å². The third kappa shape index (κ3) is 4.10. The number of carbonyl (C=O) groups excluding carboxylic acids is 1. The molecule has 0 amide bonds. The first-order chi connectivity index (χ1) is 10.7. The van der Waals surface area contributed by atoms with Crippen molar-refractivity contribution < 1.29 is 28.9 Å². The number of carbonyl (C=O) groups is 1. The van der Waals surface area contributed by atoms with Crippen molar-refractivity contribution in [3.8, 4) is 5.75 Å². The molecule has 0 atom stereocenters. The molecular formula is C15H15NO6. The molecule has 0 aliphatic carbocycles. The minimum absolute atomic E-state index is 0.241. The Balaban J connectivity index is 2.06. The fourth-order valence-corrected chi connectivity index (χ4v) is 1.82. The molecule has 1 aromatic carbocycles. The minimum atomic E-state index is -0.457. The summed E-state index contributed by atoms with van der Waals surface area (Å²) in [4.78, 5) is 20.7. The molecule has 116 valence electrons. The van der Waals surface area contributed by atoms with Crippen LogP contribution in [0.4, 0.5) is 0 Å². The molecule has 1 N–H and O–H groups in total. The zero-order chi connectivity index (χ0) is 15.8. The van der Waals surface area contributed by atoms with Crippen LogP contribution in [0.1, 0.15) is 5.76 Å². The second-order valence-electron chi connectivity index (χ2n) is 4.22. The molecule has 1 aromatic heterocycles. The maximum absolute atomic E-state index is 11.3. The van der Waals surface area contributed by atoms with E-state index in [9.17, 15) is 4.79 Å². The van der Waals surface area contributed by atoms with Gasteiger partial charge in [0, 0.05) is 11.8 Å². The van der Waals surface area contributed by atoms with Crippen LogP contribution < -0.4 is 4.74 Å². The number of benzene rings is 1. The Morgan fingerprint density at radius 2 is 2.32 bits per heavy atom. The monoisotopic (exact) mass is 305 g/mol. The summed E-state index contributed by atoms with van der Waals surface area (Å²) < 4.78 is 11.1. The second kappa shape index (κ2) is 7.84. The highest BCUT2D eigenvalue weighted by molar-refractivity contribution is 6.28. The molecule has 0 bridgehead atoms. The number of rotatable bonds is 9. The van der Waals surface area contributed by atoms with Crippen LogP contribution in [0.15, 0.2) is 46.7 Å². The number of para-hydroxylation sites is 1. The van der Waals surface area contributed by atoms with E-state index < -0.39 is 5.78 Å². The molecule has 2 aromatic rings. The number of nitrogens with zero attached hydrogens (tertiary/aromatic N) is 1. The van der Waals surface area contributed by atoms with E-state index in [4.69, 9.17) is 19.2 Å². The molecule has 7 nitrogen and oxygen atoms in total. The van der Waals surface area contributed by atoms with E-state index in [0.717, 1.165) is 11.6 Å². The van der Waals surface area contributed by atoms with Crippen LogP contribution in [0.25, 0.3) is 11.0 Å². The van der Waals surface area contributed by atoms with Gasteiger partial charge in [-0.1, -0.05) is 23.9 Å². The first kappa shape index (κ1) is 15.6. The van der Waals surface area contributed by atoms with Gasteiger partial charge in [0.05, 0.1) is 0 Å². The third-order valence-corrected chi connectivity index (χ3v) is 2.70. The van der Waals surface area contributed by atoms with Gasteiger partial charge in [-0.25, -0.2) is 0 Å². The Kier molecular flexibility index (Phi) is 5.56. The van der Waals surface area contributed by atoms with Gasteiger partial charge in [-0.2, -0.15) is 4.89 Å². The average Bonchev–Trinajstić information content (AvgIpc) is 2.93. The SMILES string of the molecule is C=COOCCc1cc2cccc(OCC(=O)C=NO)c2o1. The number of hydrogen-bond donors (Lipinski definition) is 1. The van der Waals surface area contributed by atoms with Crippen LogP contribution in [0.5, 0.6) is 5.75 Å². The highest BCUT2D eigenvalue weighted by Crippen LogP contribution is 2.29. The molecular weight excluding hydrogens is 290 g/mol. The maximum Gasteiger partial charge on any atom is 0.214 e. The van der Waals surface area contributed by atoms with Gasteiger partial charge < -0.3 is 19.2 Å². The Hall–Kier alpha value is -2.80. The Labute approximate surface area is 126 Å². The van der Waals surface area contributed by atoms with Crippen LogP contribution >= 0.6 is 0 Å². The summed E-state index contributed by atoms with van der Waals surface area (Å²) in [5, 5.41) is 11.8. The lowest BCUT2D eigenvalue weighted by atomic mass is 10.2. The van der Waals surface area contributed by atoms with Gasteiger partial charge in [0.15, 0.2) is 17.9 Å². The van der Waals surface area contributed by atoms with Crippen molar-refractivity contribution in [2.24, 2.45) is 5.16 Å². The standard InChI is InChI=1S/C15H15NO6/c1-2-20-21-7-6-13-8-11-4-3-5-14(15(11)22-13)19-10-12(17)9-16-18/h2-5,8-9,18H,1,6-7,10H2. The minimum Gasteiger partial charge on any atom is -0.481 e. The van der Waals surface area contributed by atoms with E-state index in [-0.39, 0.29) is 6.61 Å². The Morgan fingerprint density at radius 3 is 3.09 bits per heavy atom. The quantitative estimate of drug-likeness (QED) is 0.191. The molecule has 22 heavy (non-hydrogen) atoms. The van der Waals surface area contributed by atoms with E-state index in [1.54, 1.807) is 12.1 Å². The highest BCUT2D eigenvalue weighted by Gasteiger charge is 2.10. The van der Waals surface area contributed by atoms with Crippen molar-refractivity contribution in [1.29, 1.82) is 0 Å². The normalized spacial score (nSPS) is 10.9. The maximum atomic E-state index is 11.3. The number of hydrogen-bond acceptors (Lipinski definition) is 7. The molecule has 0 aliphatic heterocycles. The van der Waals surface area contributed by atoms with Crippen molar-refractivity contribution in [3.63, 3.8) is 0 Å². The number of Topliss-reactive ketones (excluding diaryl/α,β-unsaturated/α-hetero) is 1. The van der Waals surface area contributed by atoms with Crippen molar-refractivity contribution in [2.45, 2.75) is 6.42 Å². The van der Waals surface area contributed by atoms with Crippen molar-refractivity contribution in [1.82, 2.24) is 0 Å². The molecule has 2 rings (SSSR count). The lowest BCUT2D eigenvalue weighted by molar-refractivity contribution is -0.247. The molecule has 7 heteroatoms. The smallest absolute Gasteiger partial charge is 0.214 e. The summed E-state index contributed by atoms with van der Waals surface area (Å²) in [5.74, 6) is 0.676. The summed E-state index contributed by atoms with van der Waals surface area (Å²) in [5.41, 5.74) is 0.538. The molecule has 0 fully saturated rings. The summed E-state index contributed by atoms with van der Waals surface area (Å²) in [6.45, 7) is 3.43. The number of ether oxygens (including phenoxy) is 1. The first-order valence-electron chi connectivity index (χ1n) is 6.48. The number of oxime groups is 1. The summed E-state index contributed by atoms with van der Waals surface area (Å²) >= 11 is 0. The van der Waals surface area contributed by atoms with Gasteiger partial charge in [0.2, 0.25) is 5.78 Å². The van der Waals surface area contributed by atoms with Crippen LogP contribution in [0, 0.1) is 0 Å². The van der Waals surface area contributed by atoms with Gasteiger partial charge in [-0.3, -0.25) is 4.79 Å². The van der Waals surface area contributed by atoms with Crippen LogP contribution in [-0.2, 0) is 21.0 Å². The van der Waals surface area contributed by atoms with Gasteiger partial charge in [-0.15, -0.1) is 0 Å². The number of ketones is 1. The summed E-state index contributed by atoms with van der Waals surface area (Å²) in [6, 6.07) is 7.21. The van der Waals surface area contributed by atoms with E-state index in [1.165, 1.54) is 6.26 Å². The van der Waals surface area contributed by atoms with Crippen molar-refractivity contribution in [2.75, 3.05) is 13.2 Å². The van der Waals surface area contributed by atoms with Gasteiger partial charge in [0.25, 0.3) is 0 Å². The number of furan rings is 1. The number of fused-ring (bicyclic) bond motifs is 1. The van der Waals surface area contributed by atoms with E-state index in [1.807, 2.05) is 12.1 Å². The zero-order valence-corrected chi connectivity index (χ0v) is 11.7. The largest absolute Gasteiger partial charge is 0.481 e. The van der Waals surface area contributed by atoms with Gasteiger partial charge in [0.1, 0.15) is 24.8 Å². The molecule has 0 radical (unpaired) electrons. The summed E-state index contributed by atoms with van der Waals surface area (Å²) in [6.07, 6.45) is 2.49. The van der Waals surface area contributed by atoms with Crippen LogP contribution in [0.3, 0.4) is 0 Å². The lowest BCUT2D eigenvalue weighted by Gasteiger charge is -2.03. The lowest BCUT2D eigenvalue weighted by Crippen LogP contribution is -2.12. The fraction of sp³-hybridized carbons (Fsp3) is 0.200. The first-order valence-corrected chi connectivity index (χ1v) is 6.48. The molecule has 0 saturated carbocycles. The summed E-state index contributed by atoms with van der Waals surface area (Å²) in [7, 11) is 0. The molecule has 1 heterocycles. The predicted molar refractivity (Wildman–Crippen MR) is 77.9 cm³/mol. The molecule has 0 saturated heterocycles. The van der Waals surface area contributed by atoms with E-state index in [0.29, 0.717) is 30.1 Å². The van der Waals surface area contributed by atoms with Gasteiger partial charge >= 0.3 is 0 Å². The molecule has 0 aliphatic rings. The predicted octanol–water partition coefficient (Wildman–Crippen LogP) is 2.47. The zero-order valence-electron chi connectivity index (χ0n) is 11.7. The Morgan fingerprint density at radius 1 is 1.45 bits per heavy atom. The highest BCUT2D eigenvalue weighted by atomic mass is 17.2. The topological polar surface area (TPSA) is 90.5 Å². The Bertz CT molecular complexity index is 676. The average molecular weight is 305 g/mol. The molecule has 0 spiro atoms.